The summed E-state index contributed by atoms with van der Waals surface area (Å²) in [7, 11) is 0. The van der Waals surface area contributed by atoms with E-state index in [0.717, 1.165) is 25.9 Å². The molecule has 0 saturated carbocycles. The molecule has 0 spiro atoms. The van der Waals surface area contributed by atoms with Crippen LogP contribution in [0.25, 0.3) is 10.2 Å². The Morgan fingerprint density at radius 1 is 0.848 bits per heavy atom. The molecular weight excluding hydrogens is 454 g/mol. The number of fused-ring (bicyclic) bond motifs is 1. The Labute approximate surface area is 201 Å². The molecule has 0 radical (unpaired) electrons. The lowest BCUT2D eigenvalue weighted by Gasteiger charge is -2.34. The summed E-state index contributed by atoms with van der Waals surface area (Å²) in [5, 5.41) is 1.67. The second-order valence-corrected chi connectivity index (χ2v) is 9.47. The van der Waals surface area contributed by atoms with Crippen molar-refractivity contribution in [2.75, 3.05) is 31.1 Å². The van der Waals surface area contributed by atoms with E-state index in [4.69, 9.17) is 16.6 Å². The molecule has 166 valence electrons. The molecule has 0 bridgehead atoms. The van der Waals surface area contributed by atoms with Crippen molar-refractivity contribution in [1.82, 2.24) is 9.88 Å². The van der Waals surface area contributed by atoms with Crippen LogP contribution < -0.4 is 4.90 Å². The zero-order valence-corrected chi connectivity index (χ0v) is 19.7. The van der Waals surface area contributed by atoms with Crippen LogP contribution in [0.1, 0.15) is 31.8 Å². The molecule has 0 N–H and O–H groups in total. The Morgan fingerprint density at radius 3 is 2.15 bits per heavy atom. The number of amides is 1. The molecule has 1 amide bonds. The van der Waals surface area contributed by atoms with Gasteiger partial charge >= 0.3 is 0 Å². The minimum Gasteiger partial charge on any atom is -0.345 e. The van der Waals surface area contributed by atoms with Crippen molar-refractivity contribution in [3.63, 3.8) is 0 Å². The molecule has 5 rings (SSSR count). The number of carbonyl (C=O) groups excluding carboxylic acids is 2. The van der Waals surface area contributed by atoms with E-state index in [0.29, 0.717) is 42.9 Å². The van der Waals surface area contributed by atoms with Crippen LogP contribution in [-0.2, 0) is 0 Å². The van der Waals surface area contributed by atoms with Gasteiger partial charge in [-0.1, -0.05) is 71.5 Å². The van der Waals surface area contributed by atoms with Gasteiger partial charge in [0.1, 0.15) is 0 Å². The molecule has 0 unspecified atom stereocenters. The van der Waals surface area contributed by atoms with Crippen LogP contribution in [0.2, 0.25) is 5.02 Å². The van der Waals surface area contributed by atoms with Gasteiger partial charge in [0.05, 0.1) is 15.2 Å². The second kappa shape index (κ2) is 8.96. The average Bonchev–Trinajstić information content (AvgIpc) is 3.33. The summed E-state index contributed by atoms with van der Waals surface area (Å²) in [6.07, 6.45) is 0. The molecule has 1 aliphatic heterocycles. The van der Waals surface area contributed by atoms with E-state index in [-0.39, 0.29) is 11.7 Å². The van der Waals surface area contributed by atoms with Crippen LogP contribution in [0.3, 0.4) is 0 Å². The van der Waals surface area contributed by atoms with Gasteiger partial charge in [0, 0.05) is 42.9 Å². The highest BCUT2D eigenvalue weighted by molar-refractivity contribution is 7.22. The van der Waals surface area contributed by atoms with E-state index in [1.165, 1.54) is 0 Å². The SMILES string of the molecule is Cc1ccc(Cl)c2sc(N3CCN(C(=O)c4ccc(C(=O)c5ccccc5)cc4)CC3)nc12. The fourth-order valence-electron chi connectivity index (χ4n) is 4.03. The monoisotopic (exact) mass is 475 g/mol. The van der Waals surface area contributed by atoms with E-state index >= 15 is 0 Å². The zero-order chi connectivity index (χ0) is 22.9. The molecular formula is C26H22ClN3O2S. The third kappa shape index (κ3) is 4.24. The fourth-order valence-corrected chi connectivity index (χ4v) is 5.40. The molecule has 5 nitrogen and oxygen atoms in total. The van der Waals surface area contributed by atoms with Gasteiger partial charge in [-0.2, -0.15) is 0 Å². The third-order valence-corrected chi connectivity index (χ3v) is 7.53. The van der Waals surface area contributed by atoms with Gasteiger partial charge in [-0.05, 0) is 30.7 Å². The first kappa shape index (κ1) is 21.6. The predicted octanol–water partition coefficient (Wildman–Crippen LogP) is 5.45. The Morgan fingerprint density at radius 2 is 1.48 bits per heavy atom. The first-order chi connectivity index (χ1) is 16.0. The molecule has 4 aromatic rings. The maximum Gasteiger partial charge on any atom is 0.253 e. The van der Waals surface area contributed by atoms with Crippen molar-refractivity contribution < 1.29 is 9.59 Å². The molecule has 3 aromatic carbocycles. The van der Waals surface area contributed by atoms with E-state index < -0.39 is 0 Å². The highest BCUT2D eigenvalue weighted by Crippen LogP contribution is 2.35. The van der Waals surface area contributed by atoms with E-state index in [9.17, 15) is 9.59 Å². The average molecular weight is 476 g/mol. The predicted molar refractivity (Wildman–Crippen MR) is 134 cm³/mol. The minimum absolute atomic E-state index is 0.0171. The Hall–Kier alpha value is -3.22. The van der Waals surface area contributed by atoms with Crippen molar-refractivity contribution in [2.24, 2.45) is 0 Å². The van der Waals surface area contributed by atoms with Gasteiger partial charge in [0.2, 0.25) is 0 Å². The molecule has 0 atom stereocenters. The number of carbonyl (C=O) groups is 2. The van der Waals surface area contributed by atoms with Crippen LogP contribution in [0.4, 0.5) is 5.13 Å². The summed E-state index contributed by atoms with van der Waals surface area (Å²) < 4.78 is 1.01. The maximum atomic E-state index is 13.0. The number of halogens is 1. The highest BCUT2D eigenvalue weighted by atomic mass is 35.5. The van der Waals surface area contributed by atoms with Crippen LogP contribution in [-0.4, -0.2) is 47.8 Å². The summed E-state index contributed by atoms with van der Waals surface area (Å²) >= 11 is 7.96. The Balaban J connectivity index is 1.25. The summed E-state index contributed by atoms with van der Waals surface area (Å²) in [5.41, 5.74) is 3.87. The van der Waals surface area contributed by atoms with Gasteiger partial charge in [-0.3, -0.25) is 9.59 Å². The summed E-state index contributed by atoms with van der Waals surface area (Å²) in [6.45, 7) is 4.70. The Kier molecular flexibility index (Phi) is 5.87. The lowest BCUT2D eigenvalue weighted by atomic mass is 10.0. The summed E-state index contributed by atoms with van der Waals surface area (Å²) in [6, 6.07) is 20.0. The van der Waals surface area contributed by atoms with Crippen LogP contribution >= 0.6 is 22.9 Å². The fraction of sp³-hybridized carbons (Fsp3) is 0.192. The van der Waals surface area contributed by atoms with Crippen molar-refractivity contribution in [1.29, 1.82) is 0 Å². The van der Waals surface area contributed by atoms with Gasteiger partial charge in [-0.25, -0.2) is 4.98 Å². The number of aromatic nitrogens is 1. The topological polar surface area (TPSA) is 53.5 Å². The molecule has 7 heteroatoms. The standard InChI is InChI=1S/C26H22ClN3O2S/c1-17-7-12-21(27)24-22(17)28-26(33-24)30-15-13-29(14-16-30)25(32)20-10-8-19(9-11-20)23(31)18-5-3-2-4-6-18/h2-12H,13-16H2,1H3. The van der Waals surface area contributed by atoms with Crippen LogP contribution in [0.5, 0.6) is 0 Å². The van der Waals surface area contributed by atoms with E-state index in [1.54, 1.807) is 47.7 Å². The number of thiazole rings is 1. The Bertz CT molecular complexity index is 1290. The number of rotatable bonds is 4. The third-order valence-electron chi connectivity index (χ3n) is 5.95. The number of piperazine rings is 1. The van der Waals surface area contributed by atoms with Crippen molar-refractivity contribution in [3.05, 3.63) is 94.0 Å². The smallest absolute Gasteiger partial charge is 0.253 e. The van der Waals surface area contributed by atoms with E-state index in [1.807, 2.05) is 42.2 Å². The normalized spacial score (nSPS) is 14.0. The quantitative estimate of drug-likeness (QED) is 0.368. The number of hydrogen-bond acceptors (Lipinski definition) is 5. The van der Waals surface area contributed by atoms with Crippen LogP contribution in [0.15, 0.2) is 66.7 Å². The second-order valence-electron chi connectivity index (χ2n) is 8.09. The number of ketones is 1. The number of benzene rings is 3. The lowest BCUT2D eigenvalue weighted by Crippen LogP contribution is -2.48. The van der Waals surface area contributed by atoms with E-state index in [2.05, 4.69) is 4.90 Å². The molecule has 1 aromatic heterocycles. The van der Waals surface area contributed by atoms with Gasteiger partial charge in [0.15, 0.2) is 10.9 Å². The molecule has 1 aliphatic rings. The molecule has 0 aliphatic carbocycles. The molecule has 1 saturated heterocycles. The maximum absolute atomic E-state index is 13.0. The zero-order valence-electron chi connectivity index (χ0n) is 18.1. The number of aryl methyl sites for hydroxylation is 1. The van der Waals surface area contributed by atoms with Gasteiger partial charge in [0.25, 0.3) is 5.91 Å². The van der Waals surface area contributed by atoms with Crippen LogP contribution in [0, 0.1) is 6.92 Å². The first-order valence-electron chi connectivity index (χ1n) is 10.8. The largest absolute Gasteiger partial charge is 0.345 e. The summed E-state index contributed by atoms with van der Waals surface area (Å²) in [4.78, 5) is 34.5. The molecule has 1 fully saturated rings. The van der Waals surface area contributed by atoms with Gasteiger partial charge in [-0.15, -0.1) is 0 Å². The van der Waals surface area contributed by atoms with Crippen molar-refractivity contribution >= 4 is 50.0 Å². The number of anilines is 1. The number of nitrogens with zero attached hydrogens (tertiary/aromatic N) is 3. The van der Waals surface area contributed by atoms with Crippen molar-refractivity contribution in [3.8, 4) is 0 Å². The molecule has 33 heavy (non-hydrogen) atoms. The first-order valence-corrected chi connectivity index (χ1v) is 12.0. The minimum atomic E-state index is -0.0469. The van der Waals surface area contributed by atoms with Gasteiger partial charge < -0.3 is 9.80 Å². The summed E-state index contributed by atoms with van der Waals surface area (Å²) in [5.74, 6) is -0.0639. The highest BCUT2D eigenvalue weighted by Gasteiger charge is 2.24. The van der Waals surface area contributed by atoms with Crippen molar-refractivity contribution in [2.45, 2.75) is 6.92 Å². The number of hydrogen-bond donors (Lipinski definition) is 0. The molecule has 2 heterocycles. The lowest BCUT2D eigenvalue weighted by molar-refractivity contribution is 0.0746.